The highest BCUT2D eigenvalue weighted by Crippen LogP contribution is 2.26. The lowest BCUT2D eigenvalue weighted by Crippen LogP contribution is -2.14. The van der Waals surface area contributed by atoms with E-state index in [2.05, 4.69) is 5.32 Å². The van der Waals surface area contributed by atoms with Gasteiger partial charge in [0.25, 0.3) is 0 Å². The van der Waals surface area contributed by atoms with E-state index in [1.54, 1.807) is 12.1 Å². The van der Waals surface area contributed by atoms with Crippen molar-refractivity contribution in [2.24, 2.45) is 0 Å². The first kappa shape index (κ1) is 15.6. The maximum Gasteiger partial charge on any atom is 0.234 e. The molecule has 3 nitrogen and oxygen atoms in total. The number of thioether (sulfide) groups is 1. The van der Waals surface area contributed by atoms with Crippen LogP contribution in [-0.2, 0) is 4.79 Å². The molecule has 21 heavy (non-hydrogen) atoms. The lowest BCUT2D eigenvalue weighted by atomic mass is 10.3. The fourth-order valence-electron chi connectivity index (χ4n) is 1.55. The van der Waals surface area contributed by atoms with E-state index < -0.39 is 11.6 Å². The minimum Gasteiger partial charge on any atom is -0.399 e. The van der Waals surface area contributed by atoms with Crippen molar-refractivity contribution < 1.29 is 13.6 Å². The molecule has 0 fully saturated rings. The molecule has 0 spiro atoms. The topological polar surface area (TPSA) is 55.1 Å². The van der Waals surface area contributed by atoms with Gasteiger partial charge in [0, 0.05) is 10.6 Å². The van der Waals surface area contributed by atoms with Crippen molar-refractivity contribution in [3.63, 3.8) is 0 Å². The van der Waals surface area contributed by atoms with Crippen molar-refractivity contribution in [1.82, 2.24) is 0 Å². The first-order valence-electron chi connectivity index (χ1n) is 5.88. The Morgan fingerprint density at radius 3 is 2.71 bits per heavy atom. The van der Waals surface area contributed by atoms with E-state index in [1.165, 1.54) is 6.07 Å². The summed E-state index contributed by atoms with van der Waals surface area (Å²) in [6.07, 6.45) is 0. The zero-order chi connectivity index (χ0) is 15.4. The van der Waals surface area contributed by atoms with Gasteiger partial charge >= 0.3 is 0 Å². The van der Waals surface area contributed by atoms with Crippen LogP contribution in [0.4, 0.5) is 20.2 Å². The molecule has 0 bridgehead atoms. The number of rotatable bonds is 4. The minimum absolute atomic E-state index is 0.0684. The number of carbonyl (C=O) groups excluding carboxylic acids is 1. The second kappa shape index (κ2) is 6.78. The summed E-state index contributed by atoms with van der Waals surface area (Å²) in [4.78, 5) is 11.9. The highest BCUT2D eigenvalue weighted by molar-refractivity contribution is 8.00. The van der Waals surface area contributed by atoms with Gasteiger partial charge in [-0.05, 0) is 36.4 Å². The Kier molecular flexibility index (Phi) is 5.03. The molecule has 2 rings (SSSR count). The third-order valence-electron chi connectivity index (χ3n) is 2.52. The van der Waals surface area contributed by atoms with Crippen molar-refractivity contribution in [2.45, 2.75) is 4.90 Å². The Hall–Kier alpha value is -1.79. The summed E-state index contributed by atoms with van der Waals surface area (Å²) in [7, 11) is 0. The van der Waals surface area contributed by atoms with Crippen LogP contribution in [0, 0.1) is 11.6 Å². The lowest BCUT2D eigenvalue weighted by molar-refractivity contribution is -0.113. The molecule has 2 aromatic carbocycles. The fourth-order valence-corrected chi connectivity index (χ4v) is 2.55. The molecule has 0 aliphatic heterocycles. The van der Waals surface area contributed by atoms with Gasteiger partial charge in [-0.1, -0.05) is 11.6 Å². The average molecular weight is 329 g/mol. The largest absolute Gasteiger partial charge is 0.399 e. The summed E-state index contributed by atoms with van der Waals surface area (Å²) in [6.45, 7) is 0. The molecular weight excluding hydrogens is 318 g/mol. The number of nitrogen functional groups attached to an aromatic ring is 1. The summed E-state index contributed by atoms with van der Waals surface area (Å²) in [5.74, 6) is -1.57. The molecule has 3 N–H and O–H groups in total. The molecule has 0 saturated heterocycles. The van der Waals surface area contributed by atoms with Gasteiger partial charge in [-0.25, -0.2) is 8.78 Å². The molecule has 0 aliphatic rings. The molecule has 2 aromatic rings. The van der Waals surface area contributed by atoms with Crippen molar-refractivity contribution in [3.05, 3.63) is 53.1 Å². The SMILES string of the molecule is Nc1ccc(NC(=O)CSc2cc(F)ccc2F)c(Cl)c1. The summed E-state index contributed by atoms with van der Waals surface area (Å²) in [5.41, 5.74) is 6.44. The van der Waals surface area contributed by atoms with E-state index in [4.69, 9.17) is 17.3 Å². The first-order chi connectivity index (χ1) is 9.95. The second-order valence-electron chi connectivity index (χ2n) is 4.15. The maximum atomic E-state index is 13.4. The number of halogens is 3. The molecule has 110 valence electrons. The van der Waals surface area contributed by atoms with Crippen LogP contribution in [0.15, 0.2) is 41.3 Å². The molecule has 0 radical (unpaired) electrons. The minimum atomic E-state index is -0.570. The van der Waals surface area contributed by atoms with Crippen LogP contribution in [0.2, 0.25) is 5.02 Å². The van der Waals surface area contributed by atoms with Gasteiger partial charge in [0.1, 0.15) is 11.6 Å². The van der Waals surface area contributed by atoms with Gasteiger partial charge in [-0.15, -0.1) is 11.8 Å². The van der Waals surface area contributed by atoms with Crippen molar-refractivity contribution >= 4 is 40.6 Å². The van der Waals surface area contributed by atoms with Gasteiger partial charge < -0.3 is 11.1 Å². The smallest absolute Gasteiger partial charge is 0.234 e. The van der Waals surface area contributed by atoms with Crippen LogP contribution in [0.3, 0.4) is 0 Å². The van der Waals surface area contributed by atoms with Gasteiger partial charge in [-0.3, -0.25) is 4.79 Å². The Labute approximate surface area is 129 Å². The van der Waals surface area contributed by atoms with E-state index in [1.807, 2.05) is 0 Å². The van der Waals surface area contributed by atoms with Gasteiger partial charge in [-0.2, -0.15) is 0 Å². The van der Waals surface area contributed by atoms with Crippen LogP contribution >= 0.6 is 23.4 Å². The van der Waals surface area contributed by atoms with E-state index in [0.717, 1.165) is 30.0 Å². The third kappa shape index (κ3) is 4.34. The third-order valence-corrected chi connectivity index (χ3v) is 3.86. The van der Waals surface area contributed by atoms with E-state index in [-0.39, 0.29) is 16.6 Å². The summed E-state index contributed by atoms with van der Waals surface area (Å²) in [5, 5.41) is 2.89. The quantitative estimate of drug-likeness (QED) is 0.660. The molecule has 7 heteroatoms. The number of hydrogen-bond donors (Lipinski definition) is 2. The van der Waals surface area contributed by atoms with Crippen molar-refractivity contribution in [3.8, 4) is 0 Å². The molecule has 0 saturated carbocycles. The van der Waals surface area contributed by atoms with Gasteiger partial charge in [0.15, 0.2) is 0 Å². The second-order valence-corrected chi connectivity index (χ2v) is 5.58. The molecule has 0 atom stereocenters. The Balaban J connectivity index is 1.97. The molecule has 1 amide bonds. The number of anilines is 2. The predicted molar refractivity (Wildman–Crippen MR) is 81.6 cm³/mol. The maximum absolute atomic E-state index is 13.4. The summed E-state index contributed by atoms with van der Waals surface area (Å²) < 4.78 is 26.4. The monoisotopic (exact) mass is 328 g/mol. The number of nitrogens with one attached hydrogen (secondary N) is 1. The van der Waals surface area contributed by atoms with Gasteiger partial charge in [0.05, 0.1) is 16.5 Å². The van der Waals surface area contributed by atoms with Crippen molar-refractivity contribution in [1.29, 1.82) is 0 Å². The zero-order valence-electron chi connectivity index (χ0n) is 10.7. The number of benzene rings is 2. The van der Waals surface area contributed by atoms with E-state index >= 15 is 0 Å². The highest BCUT2D eigenvalue weighted by atomic mass is 35.5. The first-order valence-corrected chi connectivity index (χ1v) is 7.25. The fraction of sp³-hybridized carbons (Fsp3) is 0.0714. The molecule has 0 heterocycles. The van der Waals surface area contributed by atoms with Gasteiger partial charge in [0.2, 0.25) is 5.91 Å². The number of amides is 1. The number of nitrogens with two attached hydrogens (primary N) is 1. The number of hydrogen-bond acceptors (Lipinski definition) is 3. The normalized spacial score (nSPS) is 10.4. The van der Waals surface area contributed by atoms with Crippen LogP contribution in [0.25, 0.3) is 0 Å². The predicted octanol–water partition coefficient (Wildman–Crippen LogP) is 3.93. The Morgan fingerprint density at radius 1 is 1.24 bits per heavy atom. The highest BCUT2D eigenvalue weighted by Gasteiger charge is 2.10. The molecular formula is C14H11ClF2N2OS. The molecule has 0 aromatic heterocycles. The van der Waals surface area contributed by atoms with Crippen LogP contribution in [0.5, 0.6) is 0 Å². The van der Waals surface area contributed by atoms with Crippen LogP contribution in [-0.4, -0.2) is 11.7 Å². The molecule has 0 aliphatic carbocycles. The Bertz CT molecular complexity index is 682. The van der Waals surface area contributed by atoms with E-state index in [9.17, 15) is 13.6 Å². The van der Waals surface area contributed by atoms with E-state index in [0.29, 0.717) is 16.4 Å². The number of carbonyl (C=O) groups is 1. The lowest BCUT2D eigenvalue weighted by Gasteiger charge is -2.08. The van der Waals surface area contributed by atoms with Crippen LogP contribution < -0.4 is 11.1 Å². The van der Waals surface area contributed by atoms with Crippen LogP contribution in [0.1, 0.15) is 0 Å². The molecule has 0 unspecified atom stereocenters. The zero-order valence-corrected chi connectivity index (χ0v) is 12.3. The standard InChI is InChI=1S/C14H11ClF2N2OS/c15-10-6-9(18)2-4-12(10)19-14(20)7-21-13-5-8(16)1-3-11(13)17/h1-6H,7,18H2,(H,19,20). The summed E-state index contributed by atoms with van der Waals surface area (Å²) in [6, 6.07) is 7.77. The van der Waals surface area contributed by atoms with Crippen molar-refractivity contribution in [2.75, 3.05) is 16.8 Å². The summed E-state index contributed by atoms with van der Waals surface area (Å²) >= 11 is 6.83. The Morgan fingerprint density at radius 2 is 2.00 bits per heavy atom. The average Bonchev–Trinajstić information content (AvgIpc) is 2.43.